The Bertz CT molecular complexity index is 335. The molecule has 1 atom stereocenters. The molecule has 2 N–H and O–H groups in total. The van der Waals surface area contributed by atoms with Gasteiger partial charge in [-0.1, -0.05) is 28.1 Å². The molecule has 16 heavy (non-hydrogen) atoms. The van der Waals surface area contributed by atoms with Crippen LogP contribution in [0, 0.1) is 0 Å². The Morgan fingerprint density at radius 2 is 1.88 bits per heavy atom. The molecule has 0 radical (unpaired) electrons. The fourth-order valence-electron chi connectivity index (χ4n) is 1.47. The third-order valence-electron chi connectivity index (χ3n) is 2.37. The van der Waals surface area contributed by atoms with Crippen LogP contribution in [0.2, 0.25) is 0 Å². The normalized spacial score (nSPS) is 12.4. The van der Waals surface area contributed by atoms with Gasteiger partial charge in [0.1, 0.15) is 0 Å². The monoisotopic (exact) mass is 286 g/mol. The van der Waals surface area contributed by atoms with Crippen molar-refractivity contribution < 1.29 is 15.0 Å². The lowest BCUT2D eigenvalue weighted by molar-refractivity contribution is -0.137. The quantitative estimate of drug-likeness (QED) is 0.790. The Balaban J connectivity index is 2.32. The van der Waals surface area contributed by atoms with Gasteiger partial charge >= 0.3 is 5.97 Å². The first-order valence-electron chi connectivity index (χ1n) is 5.25. The van der Waals surface area contributed by atoms with E-state index in [-0.39, 0.29) is 6.42 Å². The fraction of sp³-hybridized carbons (Fsp3) is 0.417. The summed E-state index contributed by atoms with van der Waals surface area (Å²) in [5, 5.41) is 18.3. The lowest BCUT2D eigenvalue weighted by Crippen LogP contribution is -1.99. The van der Waals surface area contributed by atoms with E-state index in [1.165, 1.54) is 0 Å². The highest BCUT2D eigenvalue weighted by molar-refractivity contribution is 9.10. The third-order valence-corrected chi connectivity index (χ3v) is 2.90. The van der Waals surface area contributed by atoms with E-state index in [4.69, 9.17) is 5.11 Å². The molecule has 0 aliphatic carbocycles. The minimum absolute atomic E-state index is 0.174. The number of aliphatic carboxylic acids is 1. The number of benzene rings is 1. The minimum atomic E-state index is -0.780. The molecular weight excluding hydrogens is 272 g/mol. The third kappa shape index (κ3) is 4.77. The summed E-state index contributed by atoms with van der Waals surface area (Å²) in [5.74, 6) is -0.780. The van der Waals surface area contributed by atoms with Crippen molar-refractivity contribution in [1.82, 2.24) is 0 Å². The molecule has 1 aromatic rings. The van der Waals surface area contributed by atoms with Crippen LogP contribution in [0.1, 0.15) is 37.4 Å². The smallest absolute Gasteiger partial charge is 0.303 e. The summed E-state index contributed by atoms with van der Waals surface area (Å²) in [6.07, 6.45) is 1.62. The standard InChI is InChI=1S/C12H15BrO3/c13-10-7-5-9(6-8-10)11(14)3-1-2-4-12(15)16/h5-8,11,14H,1-4H2,(H,15,16). The molecule has 1 unspecified atom stereocenters. The van der Waals surface area contributed by atoms with E-state index in [2.05, 4.69) is 15.9 Å². The number of carbonyl (C=O) groups is 1. The van der Waals surface area contributed by atoms with Gasteiger partial charge in [-0.25, -0.2) is 0 Å². The molecule has 1 aromatic carbocycles. The zero-order chi connectivity index (χ0) is 12.0. The molecule has 1 rings (SSSR count). The number of carboxylic acids is 1. The molecule has 0 amide bonds. The zero-order valence-electron chi connectivity index (χ0n) is 8.90. The minimum Gasteiger partial charge on any atom is -0.481 e. The van der Waals surface area contributed by atoms with Gasteiger partial charge in [0, 0.05) is 10.9 Å². The van der Waals surface area contributed by atoms with E-state index in [0.717, 1.165) is 16.5 Å². The van der Waals surface area contributed by atoms with Crippen LogP contribution < -0.4 is 0 Å². The van der Waals surface area contributed by atoms with Crippen LogP contribution in [0.15, 0.2) is 28.7 Å². The fourth-order valence-corrected chi connectivity index (χ4v) is 1.73. The highest BCUT2D eigenvalue weighted by Gasteiger charge is 2.07. The van der Waals surface area contributed by atoms with Crippen LogP contribution in [0.25, 0.3) is 0 Å². The lowest BCUT2D eigenvalue weighted by atomic mass is 10.0. The topological polar surface area (TPSA) is 57.5 Å². The van der Waals surface area contributed by atoms with Gasteiger partial charge in [0.2, 0.25) is 0 Å². The van der Waals surface area contributed by atoms with Crippen LogP contribution >= 0.6 is 15.9 Å². The second-order valence-electron chi connectivity index (χ2n) is 3.71. The SMILES string of the molecule is O=C(O)CCCCC(O)c1ccc(Br)cc1. The van der Waals surface area contributed by atoms with Crippen molar-refractivity contribution in [3.8, 4) is 0 Å². The Morgan fingerprint density at radius 3 is 2.44 bits per heavy atom. The predicted molar refractivity (Wildman–Crippen MR) is 65.2 cm³/mol. The average molecular weight is 287 g/mol. The molecular formula is C12H15BrO3. The van der Waals surface area contributed by atoms with E-state index >= 15 is 0 Å². The number of hydrogen-bond acceptors (Lipinski definition) is 2. The maximum Gasteiger partial charge on any atom is 0.303 e. The maximum atomic E-state index is 10.3. The predicted octanol–water partition coefficient (Wildman–Crippen LogP) is 3.13. The number of unbranched alkanes of at least 4 members (excludes halogenated alkanes) is 1. The molecule has 0 saturated heterocycles. The van der Waals surface area contributed by atoms with E-state index in [1.54, 1.807) is 0 Å². The van der Waals surface area contributed by atoms with E-state index in [0.29, 0.717) is 12.8 Å². The maximum absolute atomic E-state index is 10.3. The van der Waals surface area contributed by atoms with Crippen molar-refractivity contribution in [2.45, 2.75) is 31.8 Å². The van der Waals surface area contributed by atoms with Crippen LogP contribution in [0.4, 0.5) is 0 Å². The molecule has 0 bridgehead atoms. The van der Waals surface area contributed by atoms with E-state index < -0.39 is 12.1 Å². The molecule has 0 heterocycles. The van der Waals surface area contributed by atoms with Gasteiger partial charge in [0.15, 0.2) is 0 Å². The second-order valence-corrected chi connectivity index (χ2v) is 4.62. The number of rotatable bonds is 6. The van der Waals surface area contributed by atoms with Gasteiger partial charge < -0.3 is 10.2 Å². The summed E-state index contributed by atoms with van der Waals surface area (Å²) in [4.78, 5) is 10.3. The van der Waals surface area contributed by atoms with Crippen LogP contribution in [0.5, 0.6) is 0 Å². The van der Waals surface area contributed by atoms with Crippen LogP contribution in [-0.2, 0) is 4.79 Å². The first-order chi connectivity index (χ1) is 7.59. The zero-order valence-corrected chi connectivity index (χ0v) is 10.5. The number of carboxylic acid groups (broad SMARTS) is 1. The molecule has 0 fully saturated rings. The summed E-state index contributed by atoms with van der Waals surface area (Å²) in [6, 6.07) is 7.50. The number of hydrogen-bond donors (Lipinski definition) is 2. The molecule has 0 saturated carbocycles. The van der Waals surface area contributed by atoms with Crippen molar-refractivity contribution in [2.75, 3.05) is 0 Å². The average Bonchev–Trinajstić information content (AvgIpc) is 2.25. The first-order valence-corrected chi connectivity index (χ1v) is 6.04. The molecule has 0 aliphatic heterocycles. The Labute approximate surface area is 103 Å². The van der Waals surface area contributed by atoms with Gasteiger partial charge in [-0.2, -0.15) is 0 Å². The van der Waals surface area contributed by atoms with Gasteiger partial charge in [0.05, 0.1) is 6.10 Å². The largest absolute Gasteiger partial charge is 0.481 e. The van der Waals surface area contributed by atoms with Crippen molar-refractivity contribution in [2.24, 2.45) is 0 Å². The van der Waals surface area contributed by atoms with Gasteiger partial charge in [0.25, 0.3) is 0 Å². The van der Waals surface area contributed by atoms with Crippen LogP contribution in [0.3, 0.4) is 0 Å². The van der Waals surface area contributed by atoms with Gasteiger partial charge in [-0.15, -0.1) is 0 Å². The van der Waals surface area contributed by atoms with Gasteiger partial charge in [-0.3, -0.25) is 4.79 Å². The highest BCUT2D eigenvalue weighted by atomic mass is 79.9. The summed E-state index contributed by atoms with van der Waals surface area (Å²) in [6.45, 7) is 0. The van der Waals surface area contributed by atoms with E-state index in [9.17, 15) is 9.90 Å². The number of halogens is 1. The summed E-state index contributed by atoms with van der Waals surface area (Å²) >= 11 is 3.33. The van der Waals surface area contributed by atoms with Crippen LogP contribution in [-0.4, -0.2) is 16.2 Å². The van der Waals surface area contributed by atoms with Crippen molar-refractivity contribution in [3.05, 3.63) is 34.3 Å². The molecule has 3 nitrogen and oxygen atoms in total. The summed E-state index contributed by atoms with van der Waals surface area (Å²) in [7, 11) is 0. The molecule has 88 valence electrons. The molecule has 0 aromatic heterocycles. The van der Waals surface area contributed by atoms with Crippen molar-refractivity contribution in [1.29, 1.82) is 0 Å². The number of aliphatic hydroxyl groups is 1. The summed E-state index contributed by atoms with van der Waals surface area (Å²) < 4.78 is 0.981. The Kier molecular flexibility index (Phi) is 5.49. The first kappa shape index (κ1) is 13.2. The molecule has 0 aliphatic rings. The lowest BCUT2D eigenvalue weighted by Gasteiger charge is -2.10. The van der Waals surface area contributed by atoms with Crippen molar-refractivity contribution in [3.63, 3.8) is 0 Å². The summed E-state index contributed by atoms with van der Waals surface area (Å²) in [5.41, 5.74) is 0.874. The Hall–Kier alpha value is -0.870. The van der Waals surface area contributed by atoms with Gasteiger partial charge in [-0.05, 0) is 37.0 Å². The van der Waals surface area contributed by atoms with Crippen molar-refractivity contribution >= 4 is 21.9 Å². The Morgan fingerprint density at radius 1 is 1.25 bits per heavy atom. The number of aliphatic hydroxyl groups excluding tert-OH is 1. The highest BCUT2D eigenvalue weighted by Crippen LogP contribution is 2.21. The second kappa shape index (κ2) is 6.66. The van der Waals surface area contributed by atoms with E-state index in [1.807, 2.05) is 24.3 Å². The molecule has 4 heteroatoms. The molecule has 0 spiro atoms.